The van der Waals surface area contributed by atoms with Crippen molar-refractivity contribution >= 4 is 40.3 Å². The molecule has 7 heteroatoms. The fourth-order valence-corrected chi connectivity index (χ4v) is 2.79. The number of pyridine rings is 1. The summed E-state index contributed by atoms with van der Waals surface area (Å²) in [6.45, 7) is 5.25. The molecule has 1 heterocycles. The Kier molecular flexibility index (Phi) is 5.80. The fraction of sp³-hybridized carbons (Fsp3) is 0.0625. The van der Waals surface area contributed by atoms with E-state index in [9.17, 15) is 9.81 Å². The van der Waals surface area contributed by atoms with Gasteiger partial charge in [0.05, 0.1) is 11.6 Å². The van der Waals surface area contributed by atoms with Crippen LogP contribution in [0.25, 0.3) is 0 Å². The zero-order chi connectivity index (χ0) is 17.0. The highest BCUT2D eigenvalue weighted by molar-refractivity contribution is 7.94. The standard InChI is InChI=1S/C16H11Cl2N3OS/c1-10(2)23(22)21-16(12-7-14(17)20-15(18)8-12)13-6-4-3-5-11(13)9-19/h3-8H,1H2,2H3. The molecule has 2 rings (SSSR count). The van der Waals surface area contributed by atoms with Crippen molar-refractivity contribution in [1.29, 1.82) is 5.26 Å². The van der Waals surface area contributed by atoms with Crippen LogP contribution in [0.1, 0.15) is 23.6 Å². The van der Waals surface area contributed by atoms with E-state index in [4.69, 9.17) is 23.2 Å². The molecule has 1 unspecified atom stereocenters. The van der Waals surface area contributed by atoms with E-state index < -0.39 is 11.4 Å². The summed E-state index contributed by atoms with van der Waals surface area (Å²) in [5.41, 5.74) is 1.79. The summed E-state index contributed by atoms with van der Waals surface area (Å²) in [4.78, 5) is 4.28. The minimum absolute atomic E-state index is 0.177. The third-order valence-electron chi connectivity index (χ3n) is 2.81. The quantitative estimate of drug-likeness (QED) is 0.461. The van der Waals surface area contributed by atoms with Crippen LogP contribution >= 0.6 is 23.2 Å². The zero-order valence-electron chi connectivity index (χ0n) is 12.1. The molecule has 116 valence electrons. The summed E-state index contributed by atoms with van der Waals surface area (Å²) >= 11 is 10.2. The van der Waals surface area contributed by atoms with Gasteiger partial charge in [-0.3, -0.25) is 0 Å². The van der Waals surface area contributed by atoms with E-state index in [1.165, 1.54) is 0 Å². The maximum atomic E-state index is 12.1. The van der Waals surface area contributed by atoms with Gasteiger partial charge in [-0.15, -0.1) is 0 Å². The summed E-state index contributed by atoms with van der Waals surface area (Å²) in [5, 5.41) is 9.66. The minimum atomic E-state index is -1.65. The third-order valence-corrected chi connectivity index (χ3v) is 4.14. The molecule has 0 bridgehead atoms. The fourth-order valence-electron chi connectivity index (χ4n) is 1.81. The average Bonchev–Trinajstić information content (AvgIpc) is 2.51. The first-order valence-electron chi connectivity index (χ1n) is 6.41. The molecule has 0 N–H and O–H groups in total. The van der Waals surface area contributed by atoms with Crippen molar-refractivity contribution in [3.63, 3.8) is 0 Å². The van der Waals surface area contributed by atoms with Gasteiger partial charge < -0.3 is 4.55 Å². The van der Waals surface area contributed by atoms with Crippen molar-refractivity contribution in [2.45, 2.75) is 6.92 Å². The number of allylic oxidation sites excluding steroid dienone is 1. The van der Waals surface area contributed by atoms with Crippen molar-refractivity contribution in [3.8, 4) is 6.07 Å². The molecule has 0 fully saturated rings. The van der Waals surface area contributed by atoms with Crippen LogP contribution in [0.4, 0.5) is 0 Å². The molecule has 0 spiro atoms. The minimum Gasteiger partial charge on any atom is -0.586 e. The maximum Gasteiger partial charge on any atom is 0.149 e. The molecule has 4 nitrogen and oxygen atoms in total. The van der Waals surface area contributed by atoms with E-state index in [1.54, 1.807) is 43.3 Å². The highest BCUT2D eigenvalue weighted by atomic mass is 35.5. The molecule has 0 saturated carbocycles. The van der Waals surface area contributed by atoms with Crippen molar-refractivity contribution in [1.82, 2.24) is 4.98 Å². The predicted molar refractivity (Wildman–Crippen MR) is 94.0 cm³/mol. The zero-order valence-corrected chi connectivity index (χ0v) is 14.4. The first-order valence-corrected chi connectivity index (χ1v) is 8.27. The SMILES string of the molecule is C=C(C)[S+]([O-])N=C(c1cc(Cl)nc(Cl)c1)c1ccccc1C#N. The molecule has 1 aromatic heterocycles. The number of nitrogens with zero attached hydrogens (tertiary/aromatic N) is 3. The van der Waals surface area contributed by atoms with Crippen LogP contribution in [0.2, 0.25) is 10.3 Å². The van der Waals surface area contributed by atoms with E-state index in [-0.39, 0.29) is 10.3 Å². The normalized spacial score (nSPS) is 12.6. The van der Waals surface area contributed by atoms with Crippen molar-refractivity contribution in [3.05, 3.63) is 74.9 Å². The van der Waals surface area contributed by atoms with Crippen LogP contribution in [0.5, 0.6) is 0 Å². The number of hydrogen-bond donors (Lipinski definition) is 0. The summed E-state index contributed by atoms with van der Waals surface area (Å²) in [5.74, 6) is 0. The van der Waals surface area contributed by atoms with Gasteiger partial charge in [-0.05, 0) is 24.8 Å². The van der Waals surface area contributed by atoms with Crippen LogP contribution in [-0.2, 0) is 11.4 Å². The number of nitriles is 1. The Morgan fingerprint density at radius 1 is 1.30 bits per heavy atom. The van der Waals surface area contributed by atoms with Gasteiger partial charge in [0.1, 0.15) is 32.3 Å². The smallest absolute Gasteiger partial charge is 0.149 e. The summed E-state index contributed by atoms with van der Waals surface area (Å²) < 4.78 is 16.3. The number of halogens is 2. The van der Waals surface area contributed by atoms with E-state index in [1.807, 2.05) is 0 Å². The monoisotopic (exact) mass is 363 g/mol. The third kappa shape index (κ3) is 4.34. The molecule has 0 saturated heterocycles. The second-order valence-corrected chi connectivity index (χ2v) is 6.70. The molecule has 1 atom stereocenters. The highest BCUT2D eigenvalue weighted by Gasteiger charge is 2.18. The molecule has 23 heavy (non-hydrogen) atoms. The maximum absolute atomic E-state index is 12.1. The topological polar surface area (TPSA) is 72.1 Å². The summed E-state index contributed by atoms with van der Waals surface area (Å²) in [6, 6.07) is 12.1. The molecule has 0 amide bonds. The van der Waals surface area contributed by atoms with E-state index in [0.717, 1.165) is 0 Å². The van der Waals surface area contributed by atoms with Crippen LogP contribution in [0.3, 0.4) is 0 Å². The number of benzene rings is 1. The second-order valence-electron chi connectivity index (χ2n) is 4.55. The molecule has 0 radical (unpaired) electrons. The number of rotatable bonds is 4. The Bertz CT molecular complexity index is 810. The van der Waals surface area contributed by atoms with Gasteiger partial charge in [-0.2, -0.15) is 5.26 Å². The average molecular weight is 364 g/mol. The van der Waals surface area contributed by atoms with Gasteiger partial charge in [0.25, 0.3) is 0 Å². The van der Waals surface area contributed by atoms with Gasteiger partial charge in [0, 0.05) is 18.1 Å². The second kappa shape index (κ2) is 7.62. The van der Waals surface area contributed by atoms with Crippen molar-refractivity contribution in [2.24, 2.45) is 4.40 Å². The Morgan fingerprint density at radius 2 is 1.91 bits per heavy atom. The predicted octanol–water partition coefficient (Wildman–Crippen LogP) is 4.29. The number of hydrogen-bond acceptors (Lipinski definition) is 4. The molecule has 0 aliphatic rings. The van der Waals surface area contributed by atoms with Crippen LogP contribution in [0, 0.1) is 11.3 Å². The Morgan fingerprint density at radius 3 is 2.48 bits per heavy atom. The number of aromatic nitrogens is 1. The lowest BCUT2D eigenvalue weighted by molar-refractivity contribution is 0.603. The van der Waals surface area contributed by atoms with Crippen LogP contribution in [0.15, 0.2) is 52.3 Å². The first kappa shape index (κ1) is 17.5. The van der Waals surface area contributed by atoms with Gasteiger partial charge >= 0.3 is 0 Å². The largest absolute Gasteiger partial charge is 0.586 e. The van der Waals surface area contributed by atoms with Crippen molar-refractivity contribution in [2.75, 3.05) is 0 Å². The van der Waals surface area contributed by atoms with E-state index in [0.29, 0.717) is 27.3 Å². The Balaban J connectivity index is 2.71. The van der Waals surface area contributed by atoms with E-state index in [2.05, 4.69) is 22.0 Å². The Labute approximate surface area is 147 Å². The molecule has 1 aromatic carbocycles. The van der Waals surface area contributed by atoms with Gasteiger partial charge in [0.15, 0.2) is 0 Å². The van der Waals surface area contributed by atoms with Gasteiger partial charge in [-0.25, -0.2) is 4.98 Å². The lowest BCUT2D eigenvalue weighted by Gasteiger charge is -2.10. The molecular formula is C16H11Cl2N3OS. The highest BCUT2D eigenvalue weighted by Crippen LogP contribution is 2.22. The summed E-state index contributed by atoms with van der Waals surface area (Å²) in [7, 11) is 0. The van der Waals surface area contributed by atoms with Crippen molar-refractivity contribution < 1.29 is 4.55 Å². The lowest BCUT2D eigenvalue weighted by atomic mass is 9.99. The molecule has 2 aromatic rings. The first-order chi connectivity index (χ1) is 10.9. The molecule has 0 aliphatic heterocycles. The van der Waals surface area contributed by atoms with E-state index >= 15 is 0 Å². The lowest BCUT2D eigenvalue weighted by Crippen LogP contribution is -2.10. The Hall–Kier alpha value is -1.84. The van der Waals surface area contributed by atoms with Gasteiger partial charge in [-0.1, -0.05) is 45.8 Å². The van der Waals surface area contributed by atoms with Crippen LogP contribution < -0.4 is 0 Å². The summed E-state index contributed by atoms with van der Waals surface area (Å²) in [6.07, 6.45) is 0. The molecule has 0 aliphatic carbocycles. The molecular weight excluding hydrogens is 353 g/mol. The van der Waals surface area contributed by atoms with Crippen LogP contribution in [-0.4, -0.2) is 15.2 Å². The van der Waals surface area contributed by atoms with Gasteiger partial charge in [0.2, 0.25) is 0 Å².